The standard InChI is InChI=1S/C26H28N4O2/c1-25(2,3)19-11-7-17(8-12-19)23-29-27-21(31-23)15-16-22-28-30-24(32-22)18-9-13-20(14-10-18)26(4,5)6/h7-16H,1-6H3/b16-15+. The van der Waals surface area contributed by atoms with Gasteiger partial charge in [-0.1, -0.05) is 65.8 Å². The summed E-state index contributed by atoms with van der Waals surface area (Å²) in [6.07, 6.45) is 3.33. The van der Waals surface area contributed by atoms with E-state index < -0.39 is 0 Å². The minimum atomic E-state index is 0.0961. The Morgan fingerprint density at radius 3 is 1.19 bits per heavy atom. The van der Waals surface area contributed by atoms with Gasteiger partial charge in [-0.3, -0.25) is 0 Å². The Balaban J connectivity index is 1.46. The summed E-state index contributed by atoms with van der Waals surface area (Å²) < 4.78 is 11.5. The van der Waals surface area contributed by atoms with Crippen molar-refractivity contribution in [2.24, 2.45) is 0 Å². The Bertz CT molecular complexity index is 1120. The van der Waals surface area contributed by atoms with Gasteiger partial charge >= 0.3 is 0 Å². The monoisotopic (exact) mass is 428 g/mol. The number of benzene rings is 2. The molecule has 0 bridgehead atoms. The van der Waals surface area contributed by atoms with Crippen molar-refractivity contribution in [2.45, 2.75) is 52.4 Å². The second-order valence-electron chi connectivity index (χ2n) is 9.88. The fourth-order valence-corrected chi connectivity index (χ4v) is 3.21. The Morgan fingerprint density at radius 1 is 0.531 bits per heavy atom. The molecule has 0 atom stereocenters. The van der Waals surface area contributed by atoms with E-state index in [0.29, 0.717) is 23.6 Å². The van der Waals surface area contributed by atoms with Crippen molar-refractivity contribution in [3.8, 4) is 22.9 Å². The fraction of sp³-hybridized carbons (Fsp3) is 0.308. The number of aromatic nitrogens is 4. The summed E-state index contributed by atoms with van der Waals surface area (Å²) in [7, 11) is 0. The predicted octanol–water partition coefficient (Wildman–Crippen LogP) is 6.55. The number of hydrogen-bond acceptors (Lipinski definition) is 6. The highest BCUT2D eigenvalue weighted by Gasteiger charge is 2.16. The van der Waals surface area contributed by atoms with Crippen LogP contribution in [0, 0.1) is 0 Å². The zero-order chi connectivity index (χ0) is 22.9. The number of nitrogens with zero attached hydrogens (tertiary/aromatic N) is 4. The molecular weight excluding hydrogens is 400 g/mol. The molecule has 32 heavy (non-hydrogen) atoms. The van der Waals surface area contributed by atoms with E-state index in [2.05, 4.69) is 86.2 Å². The molecule has 0 N–H and O–H groups in total. The topological polar surface area (TPSA) is 77.8 Å². The Hall–Kier alpha value is -3.54. The van der Waals surface area contributed by atoms with Crippen molar-refractivity contribution in [3.05, 3.63) is 71.4 Å². The first-order valence-electron chi connectivity index (χ1n) is 10.7. The van der Waals surface area contributed by atoms with Gasteiger partial charge in [-0.25, -0.2) is 0 Å². The summed E-state index contributed by atoms with van der Waals surface area (Å²) in [5.74, 6) is 1.67. The smallest absolute Gasteiger partial charge is 0.248 e. The molecule has 0 saturated heterocycles. The van der Waals surface area contributed by atoms with E-state index >= 15 is 0 Å². The molecule has 6 heteroatoms. The van der Waals surface area contributed by atoms with Crippen molar-refractivity contribution < 1.29 is 8.83 Å². The lowest BCUT2D eigenvalue weighted by Gasteiger charge is -2.18. The lowest BCUT2D eigenvalue weighted by Crippen LogP contribution is -2.10. The van der Waals surface area contributed by atoms with E-state index in [1.54, 1.807) is 12.2 Å². The maximum Gasteiger partial charge on any atom is 0.248 e. The molecule has 2 heterocycles. The van der Waals surface area contributed by atoms with Crippen LogP contribution in [0.25, 0.3) is 35.1 Å². The van der Waals surface area contributed by atoms with Crippen molar-refractivity contribution in [1.29, 1.82) is 0 Å². The third kappa shape index (κ3) is 4.85. The molecule has 0 fully saturated rings. The maximum atomic E-state index is 5.75. The largest absolute Gasteiger partial charge is 0.417 e. The lowest BCUT2D eigenvalue weighted by molar-refractivity contribution is 0.552. The molecule has 0 spiro atoms. The molecule has 0 aliphatic rings. The van der Waals surface area contributed by atoms with Crippen LogP contribution in [0.1, 0.15) is 64.5 Å². The molecule has 4 rings (SSSR count). The first kappa shape index (κ1) is 21.7. The normalized spacial score (nSPS) is 12.6. The molecule has 0 amide bonds. The Morgan fingerprint density at radius 2 is 0.875 bits per heavy atom. The van der Waals surface area contributed by atoms with Gasteiger partial charge in [0.05, 0.1) is 0 Å². The molecule has 0 aliphatic heterocycles. The average Bonchev–Trinajstić information content (AvgIpc) is 3.41. The van der Waals surface area contributed by atoms with Crippen molar-refractivity contribution in [3.63, 3.8) is 0 Å². The highest BCUT2D eigenvalue weighted by Crippen LogP contribution is 2.27. The van der Waals surface area contributed by atoms with Crippen LogP contribution in [0.3, 0.4) is 0 Å². The van der Waals surface area contributed by atoms with Gasteiger partial charge in [0.15, 0.2) is 0 Å². The van der Waals surface area contributed by atoms with Crippen LogP contribution in [0.2, 0.25) is 0 Å². The Kier molecular flexibility index (Phi) is 5.55. The lowest BCUT2D eigenvalue weighted by atomic mass is 9.87. The van der Waals surface area contributed by atoms with Crippen LogP contribution in [0.4, 0.5) is 0 Å². The number of rotatable bonds is 4. The van der Waals surface area contributed by atoms with E-state index in [1.165, 1.54) is 11.1 Å². The van der Waals surface area contributed by atoms with Gasteiger partial charge in [0.2, 0.25) is 23.6 Å². The van der Waals surface area contributed by atoms with E-state index in [-0.39, 0.29) is 10.8 Å². The first-order chi connectivity index (χ1) is 15.1. The van der Waals surface area contributed by atoms with Crippen LogP contribution in [-0.2, 0) is 10.8 Å². The third-order valence-corrected chi connectivity index (χ3v) is 5.25. The van der Waals surface area contributed by atoms with Gasteiger partial charge in [0.25, 0.3) is 0 Å². The molecule has 164 valence electrons. The fourth-order valence-electron chi connectivity index (χ4n) is 3.21. The number of hydrogen-bond donors (Lipinski definition) is 0. The van der Waals surface area contributed by atoms with Crippen molar-refractivity contribution >= 4 is 12.2 Å². The second kappa shape index (κ2) is 8.19. The van der Waals surface area contributed by atoms with Crippen molar-refractivity contribution in [1.82, 2.24) is 20.4 Å². The minimum Gasteiger partial charge on any atom is -0.417 e. The Labute approximate surface area is 188 Å². The molecule has 0 radical (unpaired) electrons. The molecular formula is C26H28N4O2. The van der Waals surface area contributed by atoms with E-state index in [4.69, 9.17) is 8.83 Å². The SMILES string of the molecule is CC(C)(C)c1ccc(-c2nnc(/C=C/c3nnc(-c4ccc(C(C)(C)C)cc4)o3)o2)cc1. The summed E-state index contributed by atoms with van der Waals surface area (Å²) in [6.45, 7) is 13.1. The van der Waals surface area contributed by atoms with Crippen LogP contribution >= 0.6 is 0 Å². The quantitative estimate of drug-likeness (QED) is 0.367. The molecule has 6 nitrogen and oxygen atoms in total. The molecule has 2 aromatic carbocycles. The van der Waals surface area contributed by atoms with Gasteiger partial charge in [-0.2, -0.15) is 0 Å². The summed E-state index contributed by atoms with van der Waals surface area (Å²) in [5.41, 5.74) is 4.45. The average molecular weight is 429 g/mol. The van der Waals surface area contributed by atoms with E-state index in [0.717, 1.165) is 11.1 Å². The van der Waals surface area contributed by atoms with Crippen LogP contribution in [0.5, 0.6) is 0 Å². The maximum absolute atomic E-state index is 5.75. The van der Waals surface area contributed by atoms with Gasteiger partial charge in [0.1, 0.15) is 0 Å². The molecule has 0 saturated carbocycles. The van der Waals surface area contributed by atoms with Gasteiger partial charge < -0.3 is 8.83 Å². The van der Waals surface area contributed by atoms with Crippen LogP contribution in [0.15, 0.2) is 57.4 Å². The van der Waals surface area contributed by atoms with Gasteiger partial charge in [-0.15, -0.1) is 20.4 Å². The van der Waals surface area contributed by atoms with E-state index in [9.17, 15) is 0 Å². The highest BCUT2D eigenvalue weighted by atomic mass is 16.4. The van der Waals surface area contributed by atoms with Crippen LogP contribution in [-0.4, -0.2) is 20.4 Å². The molecule has 0 aliphatic carbocycles. The van der Waals surface area contributed by atoms with Crippen molar-refractivity contribution in [2.75, 3.05) is 0 Å². The summed E-state index contributed by atoms with van der Waals surface area (Å²) in [4.78, 5) is 0. The first-order valence-corrected chi connectivity index (χ1v) is 10.7. The minimum absolute atomic E-state index is 0.0961. The molecule has 0 unspecified atom stereocenters. The summed E-state index contributed by atoms with van der Waals surface area (Å²) in [6, 6.07) is 16.3. The third-order valence-electron chi connectivity index (χ3n) is 5.25. The van der Waals surface area contributed by atoms with Gasteiger partial charge in [-0.05, 0) is 46.2 Å². The molecule has 2 aromatic heterocycles. The predicted molar refractivity (Wildman–Crippen MR) is 126 cm³/mol. The van der Waals surface area contributed by atoms with E-state index in [1.807, 2.05) is 24.3 Å². The summed E-state index contributed by atoms with van der Waals surface area (Å²) >= 11 is 0. The van der Waals surface area contributed by atoms with Crippen LogP contribution < -0.4 is 0 Å². The summed E-state index contributed by atoms with van der Waals surface area (Å²) in [5, 5.41) is 16.4. The molecule has 4 aromatic rings. The van der Waals surface area contributed by atoms with Gasteiger partial charge in [0, 0.05) is 23.3 Å². The zero-order valence-electron chi connectivity index (χ0n) is 19.4. The highest BCUT2D eigenvalue weighted by molar-refractivity contribution is 5.63. The second-order valence-corrected chi connectivity index (χ2v) is 9.88. The zero-order valence-corrected chi connectivity index (χ0v) is 19.4.